The van der Waals surface area contributed by atoms with Crippen LogP contribution in [0.4, 0.5) is 5.69 Å². The highest BCUT2D eigenvalue weighted by Crippen LogP contribution is 2.39. The minimum absolute atomic E-state index is 0.324. The van der Waals surface area contributed by atoms with E-state index in [-0.39, 0.29) is 0 Å². The summed E-state index contributed by atoms with van der Waals surface area (Å²) < 4.78 is 0. The second-order valence-corrected chi connectivity index (χ2v) is 4.97. The first-order valence-corrected chi connectivity index (χ1v) is 5.66. The van der Waals surface area contributed by atoms with Gasteiger partial charge in [0.25, 0.3) is 0 Å². The average Bonchev–Trinajstić information content (AvgIpc) is 2.16. The van der Waals surface area contributed by atoms with E-state index in [1.54, 1.807) is 0 Å². The predicted molar refractivity (Wildman–Crippen MR) is 62.2 cm³/mol. The van der Waals surface area contributed by atoms with Gasteiger partial charge in [-0.05, 0) is 18.1 Å². The molecule has 2 N–H and O–H groups in total. The third kappa shape index (κ3) is 1.64. The molecule has 1 atom stereocenters. The molecule has 2 rings (SSSR count). The molecule has 0 aromatic heterocycles. The van der Waals surface area contributed by atoms with Crippen LogP contribution in [0.1, 0.15) is 13.8 Å². The highest BCUT2D eigenvalue weighted by atomic mass is 32.2. The van der Waals surface area contributed by atoms with Crippen molar-refractivity contribution in [1.82, 2.24) is 0 Å². The van der Waals surface area contributed by atoms with Crippen LogP contribution in [0, 0.1) is 5.92 Å². The van der Waals surface area contributed by atoms with Gasteiger partial charge in [-0.15, -0.1) is 11.8 Å². The molecule has 1 aromatic carbocycles. The number of aliphatic imine (C=N–C) groups is 1. The normalized spacial score (nSPS) is 20.5. The molecule has 0 saturated heterocycles. The molecule has 1 aromatic rings. The molecule has 1 aliphatic rings. The van der Waals surface area contributed by atoms with E-state index in [1.165, 1.54) is 4.90 Å². The van der Waals surface area contributed by atoms with Crippen molar-refractivity contribution in [1.29, 1.82) is 0 Å². The second kappa shape index (κ2) is 3.65. The molecular formula is C11H14N2S. The molecule has 3 heteroatoms. The van der Waals surface area contributed by atoms with Crippen molar-refractivity contribution in [3.05, 3.63) is 24.3 Å². The average molecular weight is 206 g/mol. The summed E-state index contributed by atoms with van der Waals surface area (Å²) in [5.41, 5.74) is 6.93. The number of thioether (sulfide) groups is 1. The lowest BCUT2D eigenvalue weighted by Gasteiger charge is -2.24. The lowest BCUT2D eigenvalue weighted by molar-refractivity contribution is 0.692. The summed E-state index contributed by atoms with van der Waals surface area (Å²) in [5.74, 6) is 1.28. The topological polar surface area (TPSA) is 38.4 Å². The van der Waals surface area contributed by atoms with E-state index in [2.05, 4.69) is 24.9 Å². The van der Waals surface area contributed by atoms with Gasteiger partial charge < -0.3 is 5.73 Å². The Labute approximate surface area is 88.6 Å². The summed E-state index contributed by atoms with van der Waals surface area (Å²) >= 11 is 1.82. The van der Waals surface area contributed by atoms with E-state index in [1.807, 2.05) is 30.0 Å². The molecule has 14 heavy (non-hydrogen) atoms. The minimum Gasteiger partial charge on any atom is -0.386 e. The molecule has 0 fully saturated rings. The predicted octanol–water partition coefficient (Wildman–Crippen LogP) is 2.81. The fourth-order valence-corrected chi connectivity index (χ4v) is 2.64. The third-order valence-corrected chi connectivity index (χ3v) is 3.90. The van der Waals surface area contributed by atoms with Crippen molar-refractivity contribution in [3.63, 3.8) is 0 Å². The molecule has 1 unspecified atom stereocenters. The van der Waals surface area contributed by atoms with Crippen LogP contribution in [0.15, 0.2) is 34.2 Å². The van der Waals surface area contributed by atoms with Gasteiger partial charge in [0.1, 0.15) is 5.84 Å². The molecule has 0 aliphatic carbocycles. The van der Waals surface area contributed by atoms with E-state index in [4.69, 9.17) is 5.73 Å². The van der Waals surface area contributed by atoms with Gasteiger partial charge in [0.2, 0.25) is 0 Å². The van der Waals surface area contributed by atoms with E-state index in [9.17, 15) is 0 Å². The smallest absolute Gasteiger partial charge is 0.113 e. The Morgan fingerprint density at radius 3 is 2.79 bits per heavy atom. The van der Waals surface area contributed by atoms with Gasteiger partial charge in [-0.2, -0.15) is 0 Å². The molecule has 0 bridgehead atoms. The number of nitrogens with zero attached hydrogens (tertiary/aromatic N) is 1. The van der Waals surface area contributed by atoms with Crippen molar-refractivity contribution in [3.8, 4) is 0 Å². The van der Waals surface area contributed by atoms with Crippen LogP contribution in [0.5, 0.6) is 0 Å². The maximum atomic E-state index is 5.92. The first-order valence-electron chi connectivity index (χ1n) is 4.78. The van der Waals surface area contributed by atoms with E-state index < -0.39 is 0 Å². The number of rotatable bonds is 1. The molecule has 2 nitrogen and oxygen atoms in total. The van der Waals surface area contributed by atoms with Gasteiger partial charge in [0.05, 0.1) is 10.9 Å². The fraction of sp³-hybridized carbons (Fsp3) is 0.364. The van der Waals surface area contributed by atoms with Gasteiger partial charge >= 0.3 is 0 Å². The van der Waals surface area contributed by atoms with Crippen LogP contribution >= 0.6 is 11.8 Å². The number of hydrogen-bond acceptors (Lipinski definition) is 3. The third-order valence-electron chi connectivity index (χ3n) is 2.27. The van der Waals surface area contributed by atoms with Crippen molar-refractivity contribution < 1.29 is 0 Å². The molecule has 0 saturated carbocycles. The summed E-state index contributed by atoms with van der Waals surface area (Å²) in [6.07, 6.45) is 0. The summed E-state index contributed by atoms with van der Waals surface area (Å²) in [6, 6.07) is 8.14. The van der Waals surface area contributed by atoms with Gasteiger partial charge in [-0.1, -0.05) is 26.0 Å². The van der Waals surface area contributed by atoms with E-state index in [0.29, 0.717) is 11.2 Å². The minimum atomic E-state index is 0.324. The highest BCUT2D eigenvalue weighted by Gasteiger charge is 2.24. The fourth-order valence-electron chi connectivity index (χ4n) is 1.53. The Kier molecular flexibility index (Phi) is 2.50. The molecule has 0 spiro atoms. The van der Waals surface area contributed by atoms with Crippen LogP contribution in [0.2, 0.25) is 0 Å². The van der Waals surface area contributed by atoms with E-state index in [0.717, 1.165) is 11.5 Å². The maximum Gasteiger partial charge on any atom is 0.113 e. The number of para-hydroxylation sites is 1. The standard InChI is InChI=1S/C11H14N2S/c1-7(2)10-11(12)13-8-5-3-4-6-9(8)14-10/h3-7,10H,1-2H3,(H2,12,13). The van der Waals surface area contributed by atoms with Crippen molar-refractivity contribution in [2.75, 3.05) is 0 Å². The summed E-state index contributed by atoms with van der Waals surface area (Å²) in [6.45, 7) is 4.35. The number of nitrogens with two attached hydrogens (primary N) is 1. The first-order chi connectivity index (χ1) is 6.68. The van der Waals surface area contributed by atoms with Crippen LogP contribution in [0.25, 0.3) is 0 Å². The molecule has 0 radical (unpaired) electrons. The zero-order chi connectivity index (χ0) is 10.1. The van der Waals surface area contributed by atoms with Crippen molar-refractivity contribution >= 4 is 23.3 Å². The van der Waals surface area contributed by atoms with Crippen LogP contribution in [0.3, 0.4) is 0 Å². The molecular weight excluding hydrogens is 192 g/mol. The molecule has 1 aliphatic heterocycles. The molecule has 1 heterocycles. The Balaban J connectivity index is 2.38. The van der Waals surface area contributed by atoms with E-state index >= 15 is 0 Å². The zero-order valence-corrected chi connectivity index (χ0v) is 9.21. The van der Waals surface area contributed by atoms with Gasteiger partial charge in [0, 0.05) is 4.90 Å². The summed E-state index contributed by atoms with van der Waals surface area (Å²) in [5, 5.41) is 0.324. The van der Waals surface area contributed by atoms with Crippen LogP contribution in [-0.4, -0.2) is 11.1 Å². The lowest BCUT2D eigenvalue weighted by atomic mass is 10.1. The van der Waals surface area contributed by atoms with Crippen LogP contribution in [-0.2, 0) is 0 Å². The Morgan fingerprint density at radius 2 is 2.07 bits per heavy atom. The van der Waals surface area contributed by atoms with Gasteiger partial charge in [-0.3, -0.25) is 0 Å². The van der Waals surface area contributed by atoms with Crippen LogP contribution < -0.4 is 5.73 Å². The second-order valence-electron chi connectivity index (χ2n) is 3.79. The monoisotopic (exact) mass is 206 g/mol. The number of fused-ring (bicyclic) bond motifs is 1. The SMILES string of the molecule is CC(C)C1Sc2ccccc2N=C1N. The maximum absolute atomic E-state index is 5.92. The quantitative estimate of drug-likeness (QED) is 0.767. The number of hydrogen-bond donors (Lipinski definition) is 1. The largest absolute Gasteiger partial charge is 0.386 e. The zero-order valence-electron chi connectivity index (χ0n) is 8.40. The summed E-state index contributed by atoms with van der Waals surface area (Å²) in [4.78, 5) is 5.66. The molecule has 74 valence electrons. The van der Waals surface area contributed by atoms with Gasteiger partial charge in [-0.25, -0.2) is 4.99 Å². The highest BCUT2D eigenvalue weighted by molar-refractivity contribution is 8.00. The first kappa shape index (κ1) is 9.59. The molecule has 0 amide bonds. The Bertz CT molecular complexity index is 371. The Hall–Kier alpha value is -0.960. The summed E-state index contributed by atoms with van der Waals surface area (Å²) in [7, 11) is 0. The number of benzene rings is 1. The number of amidine groups is 1. The van der Waals surface area contributed by atoms with Gasteiger partial charge in [0.15, 0.2) is 0 Å². The van der Waals surface area contributed by atoms with Crippen molar-refractivity contribution in [2.45, 2.75) is 24.0 Å². The lowest BCUT2D eigenvalue weighted by Crippen LogP contribution is -2.31. The van der Waals surface area contributed by atoms with Crippen molar-refractivity contribution in [2.24, 2.45) is 16.6 Å². The Morgan fingerprint density at radius 1 is 1.36 bits per heavy atom.